The second-order valence-electron chi connectivity index (χ2n) is 6.03. The molecule has 0 fully saturated rings. The monoisotopic (exact) mass is 424 g/mol. The summed E-state index contributed by atoms with van der Waals surface area (Å²) in [6, 6.07) is 11.0. The van der Waals surface area contributed by atoms with Crippen molar-refractivity contribution in [2.75, 3.05) is 0 Å². The van der Waals surface area contributed by atoms with Crippen LogP contribution >= 0.6 is 0 Å². The van der Waals surface area contributed by atoms with E-state index in [9.17, 15) is 34.6 Å². The number of aromatic amines is 2. The Kier molecular flexibility index (Phi) is 5.82. The van der Waals surface area contributed by atoms with E-state index in [0.717, 1.165) is 12.1 Å². The molecule has 2 aromatic carbocycles. The fourth-order valence-electron chi connectivity index (χ4n) is 2.57. The second-order valence-corrected chi connectivity index (χ2v) is 6.03. The third-order valence-electron chi connectivity index (χ3n) is 3.93. The Morgan fingerprint density at radius 2 is 1.68 bits per heavy atom. The first kappa shape index (κ1) is 20.9. The average Bonchev–Trinajstić information content (AvgIpc) is 2.71. The Labute approximate surface area is 171 Å². The number of esters is 1. The van der Waals surface area contributed by atoms with Crippen molar-refractivity contribution in [1.82, 2.24) is 9.97 Å². The lowest BCUT2D eigenvalue weighted by molar-refractivity contribution is -0.386. The summed E-state index contributed by atoms with van der Waals surface area (Å²) in [5.74, 6) is -0.716. The number of carbonyl (C=O) groups excluding carboxylic acids is 1. The maximum atomic E-state index is 12.3. The third-order valence-corrected chi connectivity index (χ3v) is 3.93. The Morgan fingerprint density at radius 1 is 0.935 bits per heavy atom. The Balaban J connectivity index is 1.85. The van der Waals surface area contributed by atoms with Crippen LogP contribution in [0.25, 0.3) is 12.2 Å². The van der Waals surface area contributed by atoms with Crippen molar-refractivity contribution in [3.05, 3.63) is 106 Å². The summed E-state index contributed by atoms with van der Waals surface area (Å²) in [5, 5.41) is 21.9. The van der Waals surface area contributed by atoms with E-state index in [1.54, 1.807) is 11.1 Å². The van der Waals surface area contributed by atoms with Crippen molar-refractivity contribution < 1.29 is 19.4 Å². The van der Waals surface area contributed by atoms with Crippen LogP contribution in [0.3, 0.4) is 0 Å². The molecule has 0 saturated heterocycles. The second kappa shape index (κ2) is 8.65. The Morgan fingerprint density at radius 3 is 2.39 bits per heavy atom. The Hall–Kier alpha value is -4.87. The van der Waals surface area contributed by atoms with Gasteiger partial charge in [-0.25, -0.2) is 9.59 Å². The van der Waals surface area contributed by atoms with Crippen LogP contribution in [-0.4, -0.2) is 25.8 Å². The number of H-pyrrole nitrogens is 2. The average molecular weight is 424 g/mol. The molecule has 31 heavy (non-hydrogen) atoms. The van der Waals surface area contributed by atoms with E-state index in [1.807, 2.05) is 0 Å². The van der Waals surface area contributed by atoms with E-state index < -0.39 is 32.8 Å². The van der Waals surface area contributed by atoms with Crippen LogP contribution in [0.15, 0.2) is 58.1 Å². The fourth-order valence-corrected chi connectivity index (χ4v) is 2.57. The smallest absolute Gasteiger partial charge is 0.357 e. The van der Waals surface area contributed by atoms with Crippen molar-refractivity contribution in [3.8, 4) is 5.75 Å². The molecule has 3 aromatic rings. The standard InChI is InChI=1S/C19H12N4O8/c24-17-16(23(29)30)15(20-19(26)21-17)8-7-11-3-1-6-14(9-11)31-18(25)12-4-2-5-13(10-12)22(27)28/h1-10H,(H2,20,21,24,26). The normalized spacial score (nSPS) is 10.7. The molecule has 2 N–H and O–H groups in total. The van der Waals surface area contributed by atoms with Gasteiger partial charge in [0.25, 0.3) is 5.69 Å². The number of nitrogens with zero attached hydrogens (tertiary/aromatic N) is 2. The number of nitrogens with one attached hydrogen (secondary N) is 2. The van der Waals surface area contributed by atoms with Crippen LogP contribution in [0.2, 0.25) is 0 Å². The molecule has 12 heteroatoms. The zero-order chi connectivity index (χ0) is 22.5. The minimum atomic E-state index is -1.15. The van der Waals surface area contributed by atoms with Crippen LogP contribution in [-0.2, 0) is 0 Å². The number of ether oxygens (including phenoxy) is 1. The summed E-state index contributed by atoms with van der Waals surface area (Å²) in [6.07, 6.45) is 2.53. The zero-order valence-electron chi connectivity index (χ0n) is 15.4. The summed E-state index contributed by atoms with van der Waals surface area (Å²) in [6.45, 7) is 0. The van der Waals surface area contributed by atoms with Gasteiger partial charge >= 0.3 is 22.9 Å². The predicted octanol–water partition coefficient (Wildman–Crippen LogP) is 2.27. The van der Waals surface area contributed by atoms with Crippen LogP contribution in [0.1, 0.15) is 21.6 Å². The number of non-ortho nitro benzene ring substituents is 1. The summed E-state index contributed by atoms with van der Waals surface area (Å²) >= 11 is 0. The molecule has 1 heterocycles. The van der Waals surface area contributed by atoms with E-state index in [1.165, 1.54) is 42.5 Å². The number of carbonyl (C=O) groups is 1. The van der Waals surface area contributed by atoms with Gasteiger partial charge in [-0.3, -0.25) is 30.0 Å². The maximum absolute atomic E-state index is 12.3. The topological polar surface area (TPSA) is 178 Å². The first-order chi connectivity index (χ1) is 14.7. The molecule has 0 aliphatic carbocycles. The van der Waals surface area contributed by atoms with Gasteiger partial charge in [-0.05, 0) is 29.8 Å². The SMILES string of the molecule is O=C(Oc1cccc(C=Cc2[nH]c(=O)[nH]c(=O)c2[N+](=O)[O-])c1)c1cccc([N+](=O)[O-])c1. The molecule has 156 valence electrons. The molecule has 0 atom stereocenters. The molecule has 0 radical (unpaired) electrons. The highest BCUT2D eigenvalue weighted by molar-refractivity contribution is 5.91. The molecular weight excluding hydrogens is 412 g/mol. The number of nitro benzene ring substituents is 1. The van der Waals surface area contributed by atoms with Gasteiger partial charge in [0.15, 0.2) is 0 Å². The molecule has 1 aromatic heterocycles. The van der Waals surface area contributed by atoms with Gasteiger partial charge in [0, 0.05) is 12.1 Å². The van der Waals surface area contributed by atoms with Crippen LogP contribution in [0.4, 0.5) is 11.4 Å². The lowest BCUT2D eigenvalue weighted by Crippen LogP contribution is -2.25. The van der Waals surface area contributed by atoms with Crippen molar-refractivity contribution in [2.45, 2.75) is 0 Å². The van der Waals surface area contributed by atoms with E-state index in [2.05, 4.69) is 4.98 Å². The minimum absolute atomic E-state index is 0.0214. The quantitative estimate of drug-likeness (QED) is 0.262. The molecule has 0 unspecified atom stereocenters. The molecule has 0 bridgehead atoms. The lowest BCUT2D eigenvalue weighted by Gasteiger charge is -2.05. The maximum Gasteiger partial charge on any atom is 0.357 e. The third kappa shape index (κ3) is 4.95. The van der Waals surface area contributed by atoms with Gasteiger partial charge in [-0.15, -0.1) is 0 Å². The molecule has 0 saturated carbocycles. The first-order valence-electron chi connectivity index (χ1n) is 8.50. The highest BCUT2D eigenvalue weighted by atomic mass is 16.6. The van der Waals surface area contributed by atoms with Gasteiger partial charge in [-0.1, -0.05) is 24.3 Å². The van der Waals surface area contributed by atoms with E-state index in [4.69, 9.17) is 4.74 Å². The molecule has 0 aliphatic heterocycles. The molecule has 12 nitrogen and oxygen atoms in total. The van der Waals surface area contributed by atoms with Crippen molar-refractivity contribution >= 4 is 29.5 Å². The number of rotatable bonds is 6. The predicted molar refractivity (Wildman–Crippen MR) is 108 cm³/mol. The molecule has 0 amide bonds. The van der Waals surface area contributed by atoms with Gasteiger partial charge in [-0.2, -0.15) is 0 Å². The van der Waals surface area contributed by atoms with E-state index in [-0.39, 0.29) is 22.7 Å². The van der Waals surface area contributed by atoms with Crippen molar-refractivity contribution in [3.63, 3.8) is 0 Å². The number of aromatic nitrogens is 2. The summed E-state index contributed by atoms with van der Waals surface area (Å²) < 4.78 is 5.21. The van der Waals surface area contributed by atoms with E-state index in [0.29, 0.717) is 5.56 Å². The summed E-state index contributed by atoms with van der Waals surface area (Å²) in [4.78, 5) is 59.6. The van der Waals surface area contributed by atoms with Crippen molar-refractivity contribution in [1.29, 1.82) is 0 Å². The lowest BCUT2D eigenvalue weighted by atomic mass is 10.1. The highest BCUT2D eigenvalue weighted by Crippen LogP contribution is 2.20. The van der Waals surface area contributed by atoms with Crippen LogP contribution in [0, 0.1) is 20.2 Å². The zero-order valence-corrected chi connectivity index (χ0v) is 15.4. The van der Waals surface area contributed by atoms with Crippen LogP contribution in [0.5, 0.6) is 5.75 Å². The van der Waals surface area contributed by atoms with Crippen molar-refractivity contribution in [2.24, 2.45) is 0 Å². The molecule has 0 spiro atoms. The number of hydrogen-bond donors (Lipinski definition) is 2. The number of benzene rings is 2. The van der Waals surface area contributed by atoms with Gasteiger partial charge in [0.1, 0.15) is 11.4 Å². The number of nitro groups is 2. The minimum Gasteiger partial charge on any atom is -0.423 e. The largest absolute Gasteiger partial charge is 0.423 e. The first-order valence-corrected chi connectivity index (χ1v) is 8.50. The van der Waals surface area contributed by atoms with Gasteiger partial charge in [0.05, 0.1) is 15.4 Å². The van der Waals surface area contributed by atoms with Gasteiger partial charge in [0.2, 0.25) is 0 Å². The molecule has 3 rings (SSSR count). The molecule has 0 aliphatic rings. The van der Waals surface area contributed by atoms with Crippen LogP contribution < -0.4 is 16.0 Å². The van der Waals surface area contributed by atoms with E-state index >= 15 is 0 Å². The fraction of sp³-hybridized carbons (Fsp3) is 0. The summed E-state index contributed by atoms with van der Waals surface area (Å²) in [5.41, 5.74) is -3.05. The number of hydrogen-bond acceptors (Lipinski definition) is 8. The summed E-state index contributed by atoms with van der Waals surface area (Å²) in [7, 11) is 0. The highest BCUT2D eigenvalue weighted by Gasteiger charge is 2.19. The molecular formula is C19H12N4O8. The van der Waals surface area contributed by atoms with Gasteiger partial charge < -0.3 is 9.72 Å². The Bertz CT molecular complexity index is 1340.